The van der Waals surface area contributed by atoms with Gasteiger partial charge in [-0.2, -0.15) is 0 Å². The van der Waals surface area contributed by atoms with E-state index in [2.05, 4.69) is 5.32 Å². The first-order valence-corrected chi connectivity index (χ1v) is 6.41. The second-order valence-corrected chi connectivity index (χ2v) is 5.73. The maximum Gasteiger partial charge on any atom is 0.326 e. The van der Waals surface area contributed by atoms with Gasteiger partial charge in [-0.15, -0.1) is 11.3 Å². The highest BCUT2D eigenvalue weighted by atomic mass is 32.1. The van der Waals surface area contributed by atoms with Gasteiger partial charge in [0.1, 0.15) is 6.04 Å². The summed E-state index contributed by atoms with van der Waals surface area (Å²) in [6.45, 7) is 3.89. The maximum absolute atomic E-state index is 11.9. The minimum atomic E-state index is -0.939. The molecule has 0 saturated heterocycles. The van der Waals surface area contributed by atoms with Gasteiger partial charge in [0.05, 0.1) is 4.88 Å². The van der Waals surface area contributed by atoms with Gasteiger partial charge in [-0.3, -0.25) is 4.79 Å². The Morgan fingerprint density at radius 3 is 2.53 bits per heavy atom. The third-order valence-corrected chi connectivity index (χ3v) is 4.19. The van der Waals surface area contributed by atoms with Gasteiger partial charge in [-0.05, 0) is 44.2 Å². The summed E-state index contributed by atoms with van der Waals surface area (Å²) in [5.41, 5.74) is 1.07. The van der Waals surface area contributed by atoms with Crippen LogP contribution >= 0.6 is 11.3 Å². The highest BCUT2D eigenvalue weighted by Crippen LogP contribution is 2.33. The fraction of sp³-hybridized carbons (Fsp3) is 0.500. The number of carboxylic acid groups (broad SMARTS) is 1. The number of aliphatic carboxylic acids is 1. The normalized spacial score (nSPS) is 16.6. The van der Waals surface area contributed by atoms with Crippen molar-refractivity contribution in [3.63, 3.8) is 0 Å². The van der Waals surface area contributed by atoms with Crippen LogP contribution in [0.2, 0.25) is 0 Å². The molecular formula is C12H15NO3S. The van der Waals surface area contributed by atoms with E-state index in [-0.39, 0.29) is 11.8 Å². The van der Waals surface area contributed by atoms with Crippen molar-refractivity contribution in [3.8, 4) is 0 Å². The van der Waals surface area contributed by atoms with Crippen molar-refractivity contribution < 1.29 is 14.7 Å². The van der Waals surface area contributed by atoms with Crippen LogP contribution < -0.4 is 5.32 Å². The topological polar surface area (TPSA) is 66.4 Å². The Hall–Kier alpha value is -1.36. The van der Waals surface area contributed by atoms with Crippen molar-refractivity contribution in [2.45, 2.75) is 32.7 Å². The van der Waals surface area contributed by atoms with E-state index in [1.165, 1.54) is 11.3 Å². The van der Waals surface area contributed by atoms with E-state index >= 15 is 0 Å². The van der Waals surface area contributed by atoms with Crippen molar-refractivity contribution in [2.24, 2.45) is 5.92 Å². The molecule has 0 radical (unpaired) electrons. The van der Waals surface area contributed by atoms with E-state index in [4.69, 9.17) is 5.11 Å². The molecule has 2 rings (SSSR count). The molecule has 4 nitrogen and oxygen atoms in total. The molecule has 0 spiro atoms. The van der Waals surface area contributed by atoms with Crippen molar-refractivity contribution in [3.05, 3.63) is 21.4 Å². The van der Waals surface area contributed by atoms with E-state index < -0.39 is 12.0 Å². The first-order chi connectivity index (χ1) is 7.99. The van der Waals surface area contributed by atoms with E-state index in [0.29, 0.717) is 4.88 Å². The second kappa shape index (κ2) is 4.49. The van der Waals surface area contributed by atoms with Crippen LogP contribution in [0, 0.1) is 19.8 Å². The smallest absolute Gasteiger partial charge is 0.326 e. The summed E-state index contributed by atoms with van der Waals surface area (Å²) in [4.78, 5) is 24.6. The number of carbonyl (C=O) groups is 2. The summed E-state index contributed by atoms with van der Waals surface area (Å²) in [6.07, 6.45) is 1.78. The first-order valence-electron chi connectivity index (χ1n) is 5.59. The number of amides is 1. The summed E-state index contributed by atoms with van der Waals surface area (Å²) in [6, 6.07) is 1.08. The first kappa shape index (κ1) is 12.1. The molecule has 1 aliphatic rings. The molecule has 1 aliphatic carbocycles. The minimum absolute atomic E-state index is 0.110. The maximum atomic E-state index is 11.9. The van der Waals surface area contributed by atoms with Crippen molar-refractivity contribution in [1.29, 1.82) is 0 Å². The van der Waals surface area contributed by atoms with Gasteiger partial charge >= 0.3 is 5.97 Å². The van der Waals surface area contributed by atoms with Crippen LogP contribution in [-0.2, 0) is 4.79 Å². The molecule has 1 saturated carbocycles. The zero-order valence-corrected chi connectivity index (χ0v) is 10.6. The molecule has 2 N–H and O–H groups in total. The highest BCUT2D eigenvalue weighted by molar-refractivity contribution is 7.14. The molecule has 0 aliphatic heterocycles. The molecule has 17 heavy (non-hydrogen) atoms. The predicted octanol–water partition coefficient (Wildman–Crippen LogP) is 1.96. The molecular weight excluding hydrogens is 238 g/mol. The van der Waals surface area contributed by atoms with Crippen LogP contribution in [0.15, 0.2) is 6.07 Å². The van der Waals surface area contributed by atoms with Crippen LogP contribution in [0.25, 0.3) is 0 Å². The molecule has 1 heterocycles. The quantitative estimate of drug-likeness (QED) is 0.862. The van der Waals surface area contributed by atoms with Gasteiger partial charge in [-0.1, -0.05) is 0 Å². The van der Waals surface area contributed by atoms with Crippen LogP contribution in [0.1, 0.15) is 33.0 Å². The summed E-state index contributed by atoms with van der Waals surface area (Å²) in [5, 5.41) is 11.6. The molecule has 0 aromatic carbocycles. The van der Waals surface area contributed by atoms with Gasteiger partial charge in [0.25, 0.3) is 5.91 Å². The Bertz CT molecular complexity index is 443. The predicted molar refractivity (Wildman–Crippen MR) is 65.4 cm³/mol. The fourth-order valence-electron chi connectivity index (χ4n) is 1.71. The number of carbonyl (C=O) groups excluding carboxylic acids is 1. The summed E-state index contributed by atoms with van der Waals surface area (Å²) >= 11 is 1.40. The standard InChI is InChI=1S/C12H15NO3S/c1-6-5-9(17-7(6)2)11(14)13-10(12(15)16)8-3-4-8/h5,8,10H,3-4H2,1-2H3,(H,13,14)(H,15,16). The molecule has 1 amide bonds. The number of thiophene rings is 1. The van der Waals surface area contributed by atoms with E-state index in [9.17, 15) is 9.59 Å². The van der Waals surface area contributed by atoms with Crippen molar-refractivity contribution in [2.75, 3.05) is 0 Å². The third-order valence-electron chi connectivity index (χ3n) is 3.04. The number of nitrogens with one attached hydrogen (secondary N) is 1. The fourth-order valence-corrected chi connectivity index (χ4v) is 2.65. The number of aryl methyl sites for hydroxylation is 2. The Kier molecular flexibility index (Phi) is 3.19. The van der Waals surface area contributed by atoms with Crippen molar-refractivity contribution in [1.82, 2.24) is 5.32 Å². The Balaban J connectivity index is 2.07. The lowest BCUT2D eigenvalue weighted by Gasteiger charge is -2.12. The van der Waals surface area contributed by atoms with Gasteiger partial charge < -0.3 is 10.4 Å². The highest BCUT2D eigenvalue weighted by Gasteiger charge is 2.37. The summed E-state index contributed by atoms with van der Waals surface area (Å²) < 4.78 is 0. The summed E-state index contributed by atoms with van der Waals surface area (Å²) in [7, 11) is 0. The summed E-state index contributed by atoms with van der Waals surface area (Å²) in [5.74, 6) is -1.10. The molecule has 1 aromatic rings. The Labute approximate surface area is 104 Å². The van der Waals surface area contributed by atoms with E-state index in [1.807, 2.05) is 13.8 Å². The van der Waals surface area contributed by atoms with Crippen LogP contribution in [-0.4, -0.2) is 23.0 Å². The van der Waals surface area contributed by atoms with Gasteiger partial charge in [0.15, 0.2) is 0 Å². The molecule has 92 valence electrons. The van der Waals surface area contributed by atoms with Crippen LogP contribution in [0.3, 0.4) is 0 Å². The molecule has 0 bridgehead atoms. The van der Waals surface area contributed by atoms with Gasteiger partial charge in [-0.25, -0.2) is 4.79 Å². The molecule has 5 heteroatoms. The SMILES string of the molecule is Cc1cc(C(=O)NC(C(=O)O)C2CC2)sc1C. The average molecular weight is 253 g/mol. The second-order valence-electron chi connectivity index (χ2n) is 4.48. The molecule has 1 aromatic heterocycles. The zero-order chi connectivity index (χ0) is 12.6. The minimum Gasteiger partial charge on any atom is -0.480 e. The van der Waals surface area contributed by atoms with E-state index in [0.717, 1.165) is 23.3 Å². The Morgan fingerprint density at radius 2 is 2.12 bits per heavy atom. The molecule has 1 unspecified atom stereocenters. The molecule has 1 atom stereocenters. The number of hydrogen-bond acceptors (Lipinski definition) is 3. The lowest BCUT2D eigenvalue weighted by atomic mass is 10.2. The van der Waals surface area contributed by atoms with Gasteiger partial charge in [0, 0.05) is 4.88 Å². The number of carboxylic acids is 1. The number of hydrogen-bond donors (Lipinski definition) is 2. The Morgan fingerprint density at radius 1 is 1.47 bits per heavy atom. The average Bonchev–Trinajstić information content (AvgIpc) is 3.02. The zero-order valence-electron chi connectivity index (χ0n) is 9.82. The van der Waals surface area contributed by atoms with Crippen LogP contribution in [0.4, 0.5) is 0 Å². The van der Waals surface area contributed by atoms with E-state index in [1.54, 1.807) is 6.07 Å². The lowest BCUT2D eigenvalue weighted by molar-refractivity contribution is -0.139. The molecule has 1 fully saturated rings. The monoisotopic (exact) mass is 253 g/mol. The largest absolute Gasteiger partial charge is 0.480 e. The number of rotatable bonds is 4. The lowest BCUT2D eigenvalue weighted by Crippen LogP contribution is -2.42. The third kappa shape index (κ3) is 2.66. The van der Waals surface area contributed by atoms with Crippen molar-refractivity contribution >= 4 is 23.2 Å². The van der Waals surface area contributed by atoms with Crippen LogP contribution in [0.5, 0.6) is 0 Å². The van der Waals surface area contributed by atoms with Gasteiger partial charge in [0.2, 0.25) is 0 Å².